The number of thiophene rings is 1. The maximum atomic E-state index is 13.2. The van der Waals surface area contributed by atoms with Gasteiger partial charge >= 0.3 is 0 Å². The van der Waals surface area contributed by atoms with Gasteiger partial charge < -0.3 is 16.0 Å². The van der Waals surface area contributed by atoms with Crippen LogP contribution in [0.5, 0.6) is 0 Å². The van der Waals surface area contributed by atoms with Crippen molar-refractivity contribution >= 4 is 51.1 Å². The second kappa shape index (κ2) is 10.2. The third-order valence-electron chi connectivity index (χ3n) is 4.36. The summed E-state index contributed by atoms with van der Waals surface area (Å²) < 4.78 is 13.2. The minimum atomic E-state index is -0.547. The Bertz CT molecular complexity index is 1180. The summed E-state index contributed by atoms with van der Waals surface area (Å²) in [6, 6.07) is 11.4. The van der Waals surface area contributed by atoms with Crippen molar-refractivity contribution in [2.24, 2.45) is 0 Å². The van der Waals surface area contributed by atoms with Crippen LogP contribution >= 0.6 is 22.9 Å². The zero-order chi connectivity index (χ0) is 23.3. The Morgan fingerprint density at radius 1 is 1.12 bits per heavy atom. The van der Waals surface area contributed by atoms with Crippen LogP contribution in [0.25, 0.3) is 0 Å². The summed E-state index contributed by atoms with van der Waals surface area (Å²) in [5, 5.41) is 19.8. The highest BCUT2D eigenvalue weighted by Gasteiger charge is 2.17. The number of rotatable bonds is 8. The van der Waals surface area contributed by atoms with Gasteiger partial charge in [0.1, 0.15) is 11.5 Å². The van der Waals surface area contributed by atoms with Gasteiger partial charge in [-0.2, -0.15) is 0 Å². The van der Waals surface area contributed by atoms with E-state index >= 15 is 0 Å². The van der Waals surface area contributed by atoms with Gasteiger partial charge in [0.15, 0.2) is 0 Å². The number of halogens is 2. The predicted molar refractivity (Wildman–Crippen MR) is 122 cm³/mol. The first-order valence-electron chi connectivity index (χ1n) is 9.38. The number of para-hydroxylation sites is 2. The quantitative estimate of drug-likeness (QED) is 0.244. The van der Waals surface area contributed by atoms with Crippen LogP contribution in [0.3, 0.4) is 0 Å². The van der Waals surface area contributed by atoms with E-state index in [0.717, 1.165) is 23.5 Å². The zero-order valence-corrected chi connectivity index (χ0v) is 18.3. The molecule has 0 aliphatic heterocycles. The fourth-order valence-corrected chi connectivity index (χ4v) is 4.09. The van der Waals surface area contributed by atoms with E-state index in [1.54, 1.807) is 31.2 Å². The summed E-state index contributed by atoms with van der Waals surface area (Å²) in [5.41, 5.74) is 1.10. The number of aryl methyl sites for hydroxylation is 1. The molecule has 0 spiro atoms. The molecule has 3 N–H and O–H groups in total. The molecule has 3 rings (SSSR count). The fourth-order valence-electron chi connectivity index (χ4n) is 2.86. The van der Waals surface area contributed by atoms with Crippen LogP contribution in [-0.4, -0.2) is 29.8 Å². The van der Waals surface area contributed by atoms with Crippen molar-refractivity contribution in [2.45, 2.75) is 6.92 Å². The molecule has 2 aromatic carbocycles. The topological polar surface area (TPSA) is 113 Å². The molecule has 32 heavy (non-hydrogen) atoms. The molecule has 0 fully saturated rings. The number of carbonyl (C=O) groups is 2. The van der Waals surface area contributed by atoms with Crippen LogP contribution in [-0.2, 0) is 0 Å². The van der Waals surface area contributed by atoms with E-state index in [0.29, 0.717) is 21.1 Å². The third kappa shape index (κ3) is 5.59. The van der Waals surface area contributed by atoms with Crippen LogP contribution in [0.15, 0.2) is 48.5 Å². The molecule has 8 nitrogen and oxygen atoms in total. The molecule has 0 bridgehead atoms. The van der Waals surface area contributed by atoms with Gasteiger partial charge in [-0.15, -0.1) is 11.3 Å². The minimum Gasteiger partial charge on any atom is -0.378 e. The van der Waals surface area contributed by atoms with Crippen molar-refractivity contribution in [3.05, 3.63) is 85.5 Å². The van der Waals surface area contributed by atoms with Gasteiger partial charge in [-0.25, -0.2) is 4.39 Å². The lowest BCUT2D eigenvalue weighted by Gasteiger charge is -2.08. The standard InChI is InChI=1S/C21H18ClFN4O4S/c1-12-10-18(26-20(28)14-7-6-13(23)11-15(14)22)32-19(12)21(29)25-9-8-24-16-4-2-3-5-17(16)27(30)31/h2-7,10-11,24H,8-9H2,1H3,(H,25,29)(H,26,28). The smallest absolute Gasteiger partial charge is 0.292 e. The van der Waals surface area contributed by atoms with E-state index in [9.17, 15) is 24.1 Å². The lowest BCUT2D eigenvalue weighted by atomic mass is 10.2. The molecule has 0 saturated heterocycles. The van der Waals surface area contributed by atoms with Crippen LogP contribution in [0.4, 0.5) is 20.8 Å². The molecule has 0 atom stereocenters. The zero-order valence-electron chi connectivity index (χ0n) is 16.8. The van der Waals surface area contributed by atoms with Crippen molar-refractivity contribution in [3.63, 3.8) is 0 Å². The largest absolute Gasteiger partial charge is 0.378 e. The molecular formula is C21H18ClFN4O4S. The van der Waals surface area contributed by atoms with Crippen molar-refractivity contribution in [3.8, 4) is 0 Å². The van der Waals surface area contributed by atoms with Crippen molar-refractivity contribution in [1.82, 2.24) is 5.32 Å². The van der Waals surface area contributed by atoms with Gasteiger partial charge in [0.2, 0.25) is 0 Å². The number of nitrogens with zero attached hydrogens (tertiary/aromatic N) is 1. The summed E-state index contributed by atoms with van der Waals surface area (Å²) in [5.74, 6) is -1.40. The highest BCUT2D eigenvalue weighted by atomic mass is 35.5. The number of nitro benzene ring substituents is 1. The van der Waals surface area contributed by atoms with E-state index in [2.05, 4.69) is 16.0 Å². The number of hydrogen-bond donors (Lipinski definition) is 3. The molecular weight excluding hydrogens is 459 g/mol. The second-order valence-electron chi connectivity index (χ2n) is 6.66. The summed E-state index contributed by atoms with van der Waals surface area (Å²) in [4.78, 5) is 35.9. The molecule has 1 aromatic heterocycles. The number of hydrogen-bond acceptors (Lipinski definition) is 6. The van der Waals surface area contributed by atoms with Gasteiger partial charge in [-0.3, -0.25) is 19.7 Å². The molecule has 2 amide bonds. The number of nitro groups is 1. The summed E-state index contributed by atoms with van der Waals surface area (Å²) in [6.07, 6.45) is 0. The average molecular weight is 477 g/mol. The summed E-state index contributed by atoms with van der Waals surface area (Å²) in [7, 11) is 0. The molecule has 166 valence electrons. The van der Waals surface area contributed by atoms with E-state index < -0.39 is 16.6 Å². The first-order valence-corrected chi connectivity index (χ1v) is 10.6. The SMILES string of the molecule is Cc1cc(NC(=O)c2ccc(F)cc2Cl)sc1C(=O)NCCNc1ccccc1[N+](=O)[O-]. The number of benzene rings is 2. The minimum absolute atomic E-state index is 0.0140. The molecule has 0 unspecified atom stereocenters. The molecule has 0 radical (unpaired) electrons. The van der Waals surface area contributed by atoms with E-state index in [-0.39, 0.29) is 35.3 Å². The third-order valence-corrected chi connectivity index (χ3v) is 5.83. The van der Waals surface area contributed by atoms with Gasteiger partial charge in [-0.05, 0) is 42.8 Å². The van der Waals surface area contributed by atoms with Gasteiger partial charge in [-0.1, -0.05) is 23.7 Å². The Kier molecular flexibility index (Phi) is 7.39. The highest BCUT2D eigenvalue weighted by molar-refractivity contribution is 7.18. The van der Waals surface area contributed by atoms with Crippen molar-refractivity contribution in [2.75, 3.05) is 23.7 Å². The average Bonchev–Trinajstić information content (AvgIpc) is 3.11. The number of anilines is 2. The highest BCUT2D eigenvalue weighted by Crippen LogP contribution is 2.28. The second-order valence-corrected chi connectivity index (χ2v) is 8.12. The molecule has 3 aromatic rings. The number of carbonyl (C=O) groups excluding carboxylic acids is 2. The normalized spacial score (nSPS) is 10.5. The van der Waals surface area contributed by atoms with Crippen molar-refractivity contribution in [1.29, 1.82) is 0 Å². The number of amides is 2. The Hall–Kier alpha value is -3.50. The molecule has 0 aliphatic rings. The Labute approximate surface area is 191 Å². The van der Waals surface area contributed by atoms with Gasteiger partial charge in [0, 0.05) is 19.2 Å². The van der Waals surface area contributed by atoms with E-state index in [1.165, 1.54) is 12.1 Å². The molecule has 0 saturated carbocycles. The maximum absolute atomic E-state index is 13.2. The van der Waals surface area contributed by atoms with Crippen LogP contribution < -0.4 is 16.0 Å². The molecule has 11 heteroatoms. The van der Waals surface area contributed by atoms with Gasteiger partial charge in [0.25, 0.3) is 17.5 Å². The number of nitrogens with one attached hydrogen (secondary N) is 3. The fraction of sp³-hybridized carbons (Fsp3) is 0.143. The Morgan fingerprint density at radius 3 is 2.59 bits per heavy atom. The Morgan fingerprint density at radius 2 is 1.88 bits per heavy atom. The van der Waals surface area contributed by atoms with Crippen molar-refractivity contribution < 1.29 is 18.9 Å². The molecule has 1 heterocycles. The lowest BCUT2D eigenvalue weighted by Crippen LogP contribution is -2.28. The van der Waals surface area contributed by atoms with E-state index in [1.807, 2.05) is 0 Å². The predicted octanol–water partition coefficient (Wildman–Crippen LogP) is 4.85. The first-order chi connectivity index (χ1) is 15.3. The first kappa shape index (κ1) is 23.2. The summed E-state index contributed by atoms with van der Waals surface area (Å²) >= 11 is 7.00. The van der Waals surface area contributed by atoms with E-state index in [4.69, 9.17) is 11.6 Å². The Balaban J connectivity index is 1.57. The van der Waals surface area contributed by atoms with Crippen LogP contribution in [0.2, 0.25) is 5.02 Å². The molecule has 0 aliphatic carbocycles. The summed E-state index contributed by atoms with van der Waals surface area (Å²) in [6.45, 7) is 2.25. The van der Waals surface area contributed by atoms with Crippen LogP contribution in [0, 0.1) is 22.9 Å². The monoisotopic (exact) mass is 476 g/mol. The van der Waals surface area contributed by atoms with Gasteiger partial charge in [0.05, 0.1) is 25.4 Å². The maximum Gasteiger partial charge on any atom is 0.292 e. The lowest BCUT2D eigenvalue weighted by molar-refractivity contribution is -0.384. The van der Waals surface area contributed by atoms with Crippen LogP contribution in [0.1, 0.15) is 25.6 Å².